The number of nitrogens with zero attached hydrogens (tertiary/aromatic N) is 2. The number of carbonyl (C=O) groups excluding carboxylic acids is 1. The highest BCUT2D eigenvalue weighted by Gasteiger charge is 2.35. The lowest BCUT2D eigenvalue weighted by Gasteiger charge is -2.16. The van der Waals surface area contributed by atoms with Crippen LogP contribution in [0, 0.1) is 0 Å². The molecule has 148 valence electrons. The van der Waals surface area contributed by atoms with Crippen LogP contribution in [0.4, 0.5) is 0 Å². The Morgan fingerprint density at radius 2 is 1.93 bits per heavy atom. The molecule has 6 nitrogen and oxygen atoms in total. The number of fused-ring (bicyclic) bond motifs is 2. The molecule has 1 aliphatic rings. The van der Waals surface area contributed by atoms with Gasteiger partial charge in [-0.2, -0.15) is 4.72 Å². The van der Waals surface area contributed by atoms with Crippen molar-refractivity contribution in [2.75, 3.05) is 6.54 Å². The molecule has 0 saturated carbocycles. The number of rotatable bonds is 5. The smallest absolute Gasteiger partial charge is 0.250 e. The summed E-state index contributed by atoms with van der Waals surface area (Å²) in [6.07, 6.45) is 4.03. The first-order valence-corrected chi connectivity index (χ1v) is 12.2. The fourth-order valence-corrected chi connectivity index (χ4v) is 7.23. The fraction of sp³-hybridized carbons (Fsp3) is 0.200. The average Bonchev–Trinajstić information content (AvgIpc) is 3.40. The van der Waals surface area contributed by atoms with Gasteiger partial charge in [0.2, 0.25) is 5.91 Å². The third-order valence-corrected chi connectivity index (χ3v) is 9.14. The standard InChI is InChI=1S/C20H17N3O3S3/c24-20-16(22-29(25,26)19-10-13-3-1-2-4-17(13)28-19)6-8-23(20)12-15-9-14-11-21-7-5-18(14)27-15/h1-5,7,9-11,16,22H,6,8,12H2/t16-/m0/s1. The van der Waals surface area contributed by atoms with E-state index in [0.29, 0.717) is 19.5 Å². The average molecular weight is 444 g/mol. The second-order valence-electron chi connectivity index (χ2n) is 6.95. The van der Waals surface area contributed by atoms with Gasteiger partial charge in [-0.15, -0.1) is 22.7 Å². The third-order valence-electron chi connectivity index (χ3n) is 4.98. The van der Waals surface area contributed by atoms with E-state index in [2.05, 4.69) is 9.71 Å². The van der Waals surface area contributed by atoms with Crippen molar-refractivity contribution < 1.29 is 13.2 Å². The van der Waals surface area contributed by atoms with Crippen LogP contribution >= 0.6 is 22.7 Å². The second kappa shape index (κ2) is 7.17. The van der Waals surface area contributed by atoms with Gasteiger partial charge in [-0.25, -0.2) is 8.42 Å². The number of sulfonamides is 1. The van der Waals surface area contributed by atoms with E-state index >= 15 is 0 Å². The van der Waals surface area contributed by atoms with Crippen molar-refractivity contribution >= 4 is 58.8 Å². The summed E-state index contributed by atoms with van der Waals surface area (Å²) in [4.78, 5) is 19.7. The van der Waals surface area contributed by atoms with Crippen molar-refractivity contribution in [1.29, 1.82) is 0 Å². The molecule has 0 aliphatic carbocycles. The largest absolute Gasteiger partial charge is 0.336 e. The molecule has 1 amide bonds. The summed E-state index contributed by atoms with van der Waals surface area (Å²) in [5, 5.41) is 1.94. The van der Waals surface area contributed by atoms with Gasteiger partial charge < -0.3 is 4.90 Å². The fourth-order valence-electron chi connectivity index (χ4n) is 3.55. The molecule has 1 aliphatic heterocycles. The van der Waals surface area contributed by atoms with E-state index in [4.69, 9.17) is 0 Å². The van der Waals surface area contributed by atoms with E-state index in [1.807, 2.05) is 42.6 Å². The van der Waals surface area contributed by atoms with Crippen LogP contribution in [0.25, 0.3) is 20.2 Å². The Hall–Kier alpha value is -2.33. The number of carbonyl (C=O) groups is 1. The maximum atomic E-state index is 12.8. The number of likely N-dealkylation sites (tertiary alicyclic amines) is 1. The normalized spacial score (nSPS) is 17.6. The van der Waals surface area contributed by atoms with E-state index in [1.54, 1.807) is 28.5 Å². The Morgan fingerprint density at radius 1 is 1.10 bits per heavy atom. The van der Waals surface area contributed by atoms with Gasteiger partial charge in [0, 0.05) is 38.6 Å². The summed E-state index contributed by atoms with van der Waals surface area (Å²) in [5.41, 5.74) is 0. The molecule has 0 radical (unpaired) electrons. The minimum Gasteiger partial charge on any atom is -0.336 e. The highest BCUT2D eigenvalue weighted by atomic mass is 32.2. The number of pyridine rings is 1. The predicted molar refractivity (Wildman–Crippen MR) is 116 cm³/mol. The SMILES string of the molecule is O=C1[C@@H](NS(=O)(=O)c2cc3ccccc3s2)CCN1Cc1cc2cnccc2s1. The highest BCUT2D eigenvalue weighted by Crippen LogP contribution is 2.30. The summed E-state index contributed by atoms with van der Waals surface area (Å²) in [6.45, 7) is 1.02. The molecule has 5 rings (SSSR count). The summed E-state index contributed by atoms with van der Waals surface area (Å²) >= 11 is 2.84. The zero-order valence-electron chi connectivity index (χ0n) is 15.2. The number of hydrogen-bond donors (Lipinski definition) is 1. The summed E-state index contributed by atoms with van der Waals surface area (Å²) in [5.74, 6) is -0.176. The number of hydrogen-bond acceptors (Lipinski definition) is 6. The van der Waals surface area contributed by atoms with E-state index < -0.39 is 16.1 Å². The van der Waals surface area contributed by atoms with Crippen LogP contribution in [0.3, 0.4) is 0 Å². The van der Waals surface area contributed by atoms with Gasteiger partial charge >= 0.3 is 0 Å². The van der Waals surface area contributed by atoms with Crippen LogP contribution in [0.1, 0.15) is 11.3 Å². The van der Waals surface area contributed by atoms with Gasteiger partial charge in [-0.05, 0) is 36.1 Å². The predicted octanol–water partition coefficient (Wildman–Crippen LogP) is 3.59. The molecule has 1 aromatic carbocycles. The van der Waals surface area contributed by atoms with Gasteiger partial charge in [0.05, 0.1) is 6.54 Å². The highest BCUT2D eigenvalue weighted by molar-refractivity contribution is 7.91. The first-order chi connectivity index (χ1) is 14.0. The Balaban J connectivity index is 1.31. The van der Waals surface area contributed by atoms with Crippen LogP contribution in [-0.2, 0) is 21.4 Å². The van der Waals surface area contributed by atoms with Crippen LogP contribution in [-0.4, -0.2) is 36.8 Å². The number of thiophene rings is 2. The lowest BCUT2D eigenvalue weighted by atomic mass is 10.3. The van der Waals surface area contributed by atoms with Crippen molar-refractivity contribution in [1.82, 2.24) is 14.6 Å². The number of aromatic nitrogens is 1. The van der Waals surface area contributed by atoms with Crippen molar-refractivity contribution in [3.05, 3.63) is 59.7 Å². The molecule has 1 fully saturated rings. The van der Waals surface area contributed by atoms with Crippen molar-refractivity contribution in [2.24, 2.45) is 0 Å². The molecule has 1 atom stereocenters. The maximum absolute atomic E-state index is 12.8. The molecule has 0 unspecified atom stereocenters. The van der Waals surface area contributed by atoms with Crippen molar-refractivity contribution in [3.8, 4) is 0 Å². The van der Waals surface area contributed by atoms with E-state index in [1.165, 1.54) is 11.3 Å². The molecule has 1 saturated heterocycles. The molecule has 0 bridgehead atoms. The van der Waals surface area contributed by atoms with Crippen LogP contribution in [0.5, 0.6) is 0 Å². The Morgan fingerprint density at radius 3 is 2.76 bits per heavy atom. The topological polar surface area (TPSA) is 79.4 Å². The third kappa shape index (κ3) is 3.55. The van der Waals surface area contributed by atoms with Gasteiger partial charge in [0.25, 0.3) is 10.0 Å². The molecule has 1 N–H and O–H groups in total. The zero-order valence-corrected chi connectivity index (χ0v) is 17.7. The molecule has 9 heteroatoms. The van der Waals surface area contributed by atoms with Gasteiger partial charge in [0.15, 0.2) is 0 Å². The van der Waals surface area contributed by atoms with E-state index in [0.717, 1.165) is 25.0 Å². The molecule has 4 aromatic rings. The summed E-state index contributed by atoms with van der Waals surface area (Å²) < 4.78 is 30.5. The Kier molecular flexibility index (Phi) is 4.62. The Bertz CT molecular complexity index is 1260. The maximum Gasteiger partial charge on any atom is 0.250 e. The second-order valence-corrected chi connectivity index (χ2v) is 11.1. The number of amides is 1. The number of nitrogens with one attached hydrogen (secondary N) is 1. The number of benzene rings is 1. The van der Waals surface area contributed by atoms with Gasteiger partial charge in [-0.3, -0.25) is 9.78 Å². The minimum atomic E-state index is -3.74. The molecule has 4 heterocycles. The van der Waals surface area contributed by atoms with Crippen LogP contribution in [0.15, 0.2) is 59.1 Å². The van der Waals surface area contributed by atoms with E-state index in [9.17, 15) is 13.2 Å². The monoisotopic (exact) mass is 443 g/mol. The van der Waals surface area contributed by atoms with Crippen molar-refractivity contribution in [2.45, 2.75) is 23.2 Å². The van der Waals surface area contributed by atoms with Gasteiger partial charge in [-0.1, -0.05) is 18.2 Å². The molecule has 29 heavy (non-hydrogen) atoms. The van der Waals surface area contributed by atoms with Crippen LogP contribution in [0.2, 0.25) is 0 Å². The van der Waals surface area contributed by atoms with Crippen molar-refractivity contribution in [3.63, 3.8) is 0 Å². The zero-order chi connectivity index (χ0) is 20.0. The Labute approximate surface area is 175 Å². The molecular weight excluding hydrogens is 426 g/mol. The molecule has 3 aromatic heterocycles. The lowest BCUT2D eigenvalue weighted by Crippen LogP contribution is -2.40. The van der Waals surface area contributed by atoms with E-state index in [-0.39, 0.29) is 10.1 Å². The molecular formula is C20H17N3O3S3. The van der Waals surface area contributed by atoms with Crippen LogP contribution < -0.4 is 4.72 Å². The quantitative estimate of drug-likeness (QED) is 0.511. The molecule has 0 spiro atoms. The lowest BCUT2D eigenvalue weighted by molar-refractivity contribution is -0.129. The summed E-state index contributed by atoms with van der Waals surface area (Å²) in [6, 6.07) is 12.5. The first kappa shape index (κ1) is 18.7. The van der Waals surface area contributed by atoms with Gasteiger partial charge in [0.1, 0.15) is 10.3 Å². The first-order valence-electron chi connectivity index (χ1n) is 9.12. The summed E-state index contributed by atoms with van der Waals surface area (Å²) in [7, 11) is -3.74. The minimum absolute atomic E-state index is 0.176.